The maximum atomic E-state index is 12.6. The Morgan fingerprint density at radius 2 is 1.69 bits per heavy atom. The quantitative estimate of drug-likeness (QED) is 0.536. The second-order valence-corrected chi connectivity index (χ2v) is 8.73. The molecule has 8 heteroatoms. The van der Waals surface area contributed by atoms with Crippen LogP contribution in [0.4, 0.5) is 0 Å². The molecule has 26 heavy (non-hydrogen) atoms. The van der Waals surface area contributed by atoms with Crippen LogP contribution in [-0.2, 0) is 15.6 Å². The van der Waals surface area contributed by atoms with Crippen LogP contribution in [0.15, 0.2) is 74.4 Å². The predicted molar refractivity (Wildman–Crippen MR) is 98.7 cm³/mol. The molecule has 2 aromatic heterocycles. The Morgan fingerprint density at radius 3 is 2.50 bits per heavy atom. The number of hydrogen-bond donors (Lipinski definition) is 0. The van der Waals surface area contributed by atoms with E-state index >= 15 is 0 Å². The van der Waals surface area contributed by atoms with E-state index in [0.717, 1.165) is 11.3 Å². The fourth-order valence-electron chi connectivity index (χ4n) is 2.53. The summed E-state index contributed by atoms with van der Waals surface area (Å²) in [7, 11) is -3.64. The highest BCUT2D eigenvalue weighted by Gasteiger charge is 2.23. The van der Waals surface area contributed by atoms with Crippen molar-refractivity contribution in [2.45, 2.75) is 10.1 Å². The summed E-state index contributed by atoms with van der Waals surface area (Å²) in [4.78, 5) is 12.6. The molecule has 0 saturated heterocycles. The zero-order valence-corrected chi connectivity index (χ0v) is 15.0. The minimum atomic E-state index is -3.64. The highest BCUT2D eigenvalue weighted by atomic mass is 32.2. The average molecular weight is 384 g/mol. The van der Waals surface area contributed by atoms with Gasteiger partial charge in [-0.15, -0.1) is 10.2 Å². The highest BCUT2D eigenvalue weighted by Crippen LogP contribution is 2.27. The summed E-state index contributed by atoms with van der Waals surface area (Å²) >= 11 is 0.865. The van der Waals surface area contributed by atoms with Crippen LogP contribution in [0.25, 0.3) is 21.5 Å². The van der Waals surface area contributed by atoms with Crippen molar-refractivity contribution in [1.82, 2.24) is 10.2 Å². The molecular formula is C18H12N2O4S2. The van der Waals surface area contributed by atoms with Gasteiger partial charge in [-0.3, -0.25) is 4.79 Å². The van der Waals surface area contributed by atoms with Crippen molar-refractivity contribution in [2.75, 3.05) is 0 Å². The molecule has 2 heterocycles. The molecule has 0 unspecified atom stereocenters. The minimum absolute atomic E-state index is 0.121. The molecule has 0 bridgehead atoms. The van der Waals surface area contributed by atoms with Gasteiger partial charge in [-0.2, -0.15) is 0 Å². The third-order valence-electron chi connectivity index (χ3n) is 3.78. The summed E-state index contributed by atoms with van der Waals surface area (Å²) < 4.78 is 30.4. The number of benzene rings is 2. The molecule has 0 aliphatic carbocycles. The van der Waals surface area contributed by atoms with Crippen molar-refractivity contribution in [3.05, 3.63) is 76.6 Å². The van der Waals surface area contributed by atoms with E-state index in [9.17, 15) is 13.2 Å². The van der Waals surface area contributed by atoms with Gasteiger partial charge in [0.05, 0.1) is 16.7 Å². The molecule has 0 atom stereocenters. The zero-order chi connectivity index (χ0) is 18.1. The number of para-hydroxylation sites is 1. The summed E-state index contributed by atoms with van der Waals surface area (Å²) in [5.41, 5.74) is 1.05. The monoisotopic (exact) mass is 384 g/mol. The second-order valence-electron chi connectivity index (χ2n) is 5.59. The summed E-state index contributed by atoms with van der Waals surface area (Å²) in [5, 5.41) is 8.30. The van der Waals surface area contributed by atoms with Crippen LogP contribution in [0.5, 0.6) is 0 Å². The molecule has 0 N–H and O–H groups in total. The Bertz CT molecular complexity index is 1240. The van der Waals surface area contributed by atoms with Crippen molar-refractivity contribution in [1.29, 1.82) is 0 Å². The van der Waals surface area contributed by atoms with Crippen LogP contribution in [-0.4, -0.2) is 18.6 Å². The van der Waals surface area contributed by atoms with Gasteiger partial charge >= 0.3 is 0 Å². The first-order valence-corrected chi connectivity index (χ1v) is 10.1. The third-order valence-corrected chi connectivity index (χ3v) is 6.87. The summed E-state index contributed by atoms with van der Waals surface area (Å²) in [6.07, 6.45) is 1.29. The molecule has 0 saturated carbocycles. The lowest BCUT2D eigenvalue weighted by Gasteiger charge is -2.00. The lowest BCUT2D eigenvalue weighted by Crippen LogP contribution is -2.04. The van der Waals surface area contributed by atoms with E-state index in [1.807, 2.05) is 6.07 Å². The van der Waals surface area contributed by atoms with Crippen molar-refractivity contribution in [3.8, 4) is 10.6 Å². The Balaban J connectivity index is 1.73. The topological polar surface area (TPSA) is 90.1 Å². The van der Waals surface area contributed by atoms with Gasteiger partial charge in [0.2, 0.25) is 19.6 Å². The lowest BCUT2D eigenvalue weighted by atomic mass is 10.2. The van der Waals surface area contributed by atoms with Crippen molar-refractivity contribution >= 4 is 32.1 Å². The smallest absolute Gasteiger partial charge is 0.233 e. The number of aromatic nitrogens is 2. The molecule has 4 aromatic rings. The fourth-order valence-corrected chi connectivity index (χ4v) is 4.95. The van der Waals surface area contributed by atoms with E-state index in [4.69, 9.17) is 4.42 Å². The Labute approximate surface area is 152 Å². The van der Waals surface area contributed by atoms with Crippen molar-refractivity contribution in [3.63, 3.8) is 0 Å². The van der Waals surface area contributed by atoms with E-state index in [2.05, 4.69) is 10.2 Å². The molecule has 0 aliphatic heterocycles. The lowest BCUT2D eigenvalue weighted by molar-refractivity contribution is 0.593. The van der Waals surface area contributed by atoms with Crippen LogP contribution in [0.2, 0.25) is 0 Å². The van der Waals surface area contributed by atoms with Gasteiger partial charge in [0.1, 0.15) is 11.8 Å². The van der Waals surface area contributed by atoms with Gasteiger partial charge in [-0.05, 0) is 17.7 Å². The van der Waals surface area contributed by atoms with Gasteiger partial charge in [-0.25, -0.2) is 8.42 Å². The third kappa shape index (κ3) is 3.04. The highest BCUT2D eigenvalue weighted by molar-refractivity contribution is 7.92. The van der Waals surface area contributed by atoms with Gasteiger partial charge in [0.15, 0.2) is 5.01 Å². The average Bonchev–Trinajstić information content (AvgIpc) is 3.14. The first-order chi connectivity index (χ1) is 12.5. The summed E-state index contributed by atoms with van der Waals surface area (Å²) in [6, 6.07) is 15.7. The van der Waals surface area contributed by atoms with Gasteiger partial charge < -0.3 is 4.42 Å². The van der Waals surface area contributed by atoms with Crippen LogP contribution in [0.1, 0.15) is 5.56 Å². The standard InChI is InChI=1S/C18H12N2O4S2/c21-16-13-8-4-5-9-15(13)24-10-14(16)17-19-20-18(25-17)26(22,23)11-12-6-2-1-3-7-12/h1-10H,11H2. The van der Waals surface area contributed by atoms with Gasteiger partial charge in [0.25, 0.3) is 0 Å². The van der Waals surface area contributed by atoms with Crippen LogP contribution >= 0.6 is 11.3 Å². The van der Waals surface area contributed by atoms with Crippen LogP contribution in [0, 0.1) is 0 Å². The number of rotatable bonds is 4. The normalized spacial score (nSPS) is 11.7. The van der Waals surface area contributed by atoms with E-state index in [-0.39, 0.29) is 26.1 Å². The molecule has 0 radical (unpaired) electrons. The van der Waals surface area contributed by atoms with Crippen LogP contribution in [0.3, 0.4) is 0 Å². The SMILES string of the molecule is O=c1c(-c2nnc(S(=O)(=O)Cc3ccccc3)s2)coc2ccccc12. The molecule has 130 valence electrons. The van der Waals surface area contributed by atoms with E-state index in [0.29, 0.717) is 16.5 Å². The molecule has 0 aliphatic rings. The molecule has 0 spiro atoms. The molecule has 0 fully saturated rings. The molecule has 2 aromatic carbocycles. The number of fused-ring (bicyclic) bond motifs is 1. The maximum Gasteiger partial charge on any atom is 0.233 e. The molecular weight excluding hydrogens is 372 g/mol. The number of nitrogens with zero attached hydrogens (tertiary/aromatic N) is 2. The molecule has 4 rings (SSSR count). The first kappa shape index (κ1) is 16.6. The Kier molecular flexibility index (Phi) is 4.14. The van der Waals surface area contributed by atoms with Gasteiger partial charge in [0, 0.05) is 0 Å². The second kappa shape index (κ2) is 6.47. The Morgan fingerprint density at radius 1 is 0.962 bits per heavy atom. The maximum absolute atomic E-state index is 12.6. The largest absolute Gasteiger partial charge is 0.463 e. The van der Waals surface area contributed by atoms with Gasteiger partial charge in [-0.1, -0.05) is 53.8 Å². The van der Waals surface area contributed by atoms with E-state index < -0.39 is 9.84 Å². The number of sulfone groups is 1. The number of hydrogen-bond acceptors (Lipinski definition) is 7. The minimum Gasteiger partial charge on any atom is -0.463 e. The first-order valence-electron chi connectivity index (χ1n) is 7.66. The zero-order valence-electron chi connectivity index (χ0n) is 13.3. The summed E-state index contributed by atoms with van der Waals surface area (Å²) in [5.74, 6) is -0.172. The van der Waals surface area contributed by atoms with Crippen molar-refractivity contribution in [2.24, 2.45) is 0 Å². The van der Waals surface area contributed by atoms with E-state index in [1.54, 1.807) is 48.5 Å². The fraction of sp³-hybridized carbons (Fsp3) is 0.0556. The molecule has 0 amide bonds. The van der Waals surface area contributed by atoms with Crippen molar-refractivity contribution < 1.29 is 12.8 Å². The predicted octanol–water partition coefficient (Wildman–Crippen LogP) is 3.29. The van der Waals surface area contributed by atoms with Crippen LogP contribution < -0.4 is 5.43 Å². The molecule has 6 nitrogen and oxygen atoms in total. The van der Waals surface area contributed by atoms with E-state index in [1.165, 1.54) is 6.26 Å². The summed E-state index contributed by atoms with van der Waals surface area (Å²) in [6.45, 7) is 0. The Hall–Kier alpha value is -2.84.